The Kier molecular flexibility index (Phi) is 8.71. The molecule has 0 spiro atoms. The van der Waals surface area contributed by atoms with Crippen molar-refractivity contribution in [1.82, 2.24) is 25.2 Å². The van der Waals surface area contributed by atoms with Gasteiger partial charge in [-0.15, -0.1) is 5.10 Å². The maximum absolute atomic E-state index is 13.8. The van der Waals surface area contributed by atoms with Crippen molar-refractivity contribution in [2.45, 2.75) is 33.7 Å². The van der Waals surface area contributed by atoms with Gasteiger partial charge in [-0.1, -0.05) is 11.2 Å². The lowest BCUT2D eigenvalue weighted by atomic mass is 10.1. The molecule has 0 atom stereocenters. The zero-order chi connectivity index (χ0) is 24.5. The zero-order valence-electron chi connectivity index (χ0n) is 19.4. The lowest BCUT2D eigenvalue weighted by molar-refractivity contribution is -0.164. The minimum absolute atomic E-state index is 0.000976. The third-order valence-electron chi connectivity index (χ3n) is 4.54. The number of halogens is 1. The van der Waals surface area contributed by atoms with E-state index in [1.165, 1.54) is 10.7 Å². The van der Waals surface area contributed by atoms with Crippen LogP contribution in [-0.4, -0.2) is 56.3 Å². The minimum Gasteiger partial charge on any atom is -0.389 e. The maximum atomic E-state index is 13.8. The molecule has 1 amide bonds. The van der Waals surface area contributed by atoms with Crippen molar-refractivity contribution >= 4 is 17.4 Å². The molecule has 0 aliphatic heterocycles. The van der Waals surface area contributed by atoms with Gasteiger partial charge in [-0.25, -0.2) is 14.1 Å². The number of aryl methyl sites for hydroxylation is 2. The number of carbonyl (C=O) groups is 1. The Bertz CT molecular complexity index is 1150. The number of benzene rings is 1. The molecule has 0 saturated carbocycles. The van der Waals surface area contributed by atoms with Crippen LogP contribution in [0.25, 0.3) is 0 Å². The minimum atomic E-state index is -1.02. The standard InChI is InChI=1S/C22H26FN7O4/c1-5-32-22(33-6-2)21(31)25-18-9-7-8-16(24-18)13-34-27-19(20-26-28-29-30(20)4)15-10-11-17(23)14(3)12-15/h7-12,22H,5-6,13H2,1-4H3,(H,24,25,31). The van der Waals surface area contributed by atoms with E-state index in [4.69, 9.17) is 14.3 Å². The highest BCUT2D eigenvalue weighted by molar-refractivity contribution is 6.10. The highest BCUT2D eigenvalue weighted by atomic mass is 19.1. The van der Waals surface area contributed by atoms with Crippen LogP contribution in [0, 0.1) is 12.7 Å². The molecule has 11 nitrogen and oxygen atoms in total. The van der Waals surface area contributed by atoms with Crippen molar-refractivity contribution in [2.24, 2.45) is 12.2 Å². The molecular weight excluding hydrogens is 445 g/mol. The van der Waals surface area contributed by atoms with Gasteiger partial charge in [0.25, 0.3) is 5.91 Å². The topological polar surface area (TPSA) is 126 Å². The number of tetrazole rings is 1. The Morgan fingerprint density at radius 3 is 2.62 bits per heavy atom. The largest absolute Gasteiger partial charge is 0.389 e. The van der Waals surface area contributed by atoms with Gasteiger partial charge in [0.15, 0.2) is 12.3 Å². The first-order chi connectivity index (χ1) is 16.4. The summed E-state index contributed by atoms with van der Waals surface area (Å²) in [5, 5.41) is 18.3. The third-order valence-corrected chi connectivity index (χ3v) is 4.54. The summed E-state index contributed by atoms with van der Waals surface area (Å²) in [4.78, 5) is 22.3. The molecule has 2 heterocycles. The lowest BCUT2D eigenvalue weighted by Crippen LogP contribution is -2.33. The quantitative estimate of drug-likeness (QED) is 0.257. The Labute approximate surface area is 195 Å². The molecule has 0 fully saturated rings. The molecule has 12 heteroatoms. The molecule has 0 aliphatic carbocycles. The molecule has 0 bridgehead atoms. The van der Waals surface area contributed by atoms with Gasteiger partial charge in [0, 0.05) is 25.8 Å². The number of rotatable bonds is 11. The van der Waals surface area contributed by atoms with Crippen LogP contribution in [0.3, 0.4) is 0 Å². The van der Waals surface area contributed by atoms with E-state index in [9.17, 15) is 9.18 Å². The van der Waals surface area contributed by atoms with E-state index in [1.807, 2.05) is 0 Å². The number of anilines is 1. The van der Waals surface area contributed by atoms with Gasteiger partial charge in [0.05, 0.1) is 5.69 Å². The molecule has 1 aromatic carbocycles. The van der Waals surface area contributed by atoms with Crippen molar-refractivity contribution in [3.8, 4) is 0 Å². The number of nitrogens with one attached hydrogen (secondary N) is 1. The highest BCUT2D eigenvalue weighted by Crippen LogP contribution is 2.14. The molecule has 1 N–H and O–H groups in total. The van der Waals surface area contributed by atoms with Gasteiger partial charge in [-0.2, -0.15) is 0 Å². The Morgan fingerprint density at radius 1 is 1.21 bits per heavy atom. The number of hydrogen-bond donors (Lipinski definition) is 1. The summed E-state index contributed by atoms with van der Waals surface area (Å²) in [7, 11) is 1.66. The van der Waals surface area contributed by atoms with E-state index in [-0.39, 0.29) is 12.4 Å². The fourth-order valence-corrected chi connectivity index (χ4v) is 2.92. The molecule has 180 valence electrons. The first-order valence-corrected chi connectivity index (χ1v) is 10.6. The normalized spacial score (nSPS) is 11.6. The number of amides is 1. The van der Waals surface area contributed by atoms with Crippen molar-refractivity contribution in [3.63, 3.8) is 0 Å². The van der Waals surface area contributed by atoms with Crippen LogP contribution in [0.1, 0.15) is 36.5 Å². The van der Waals surface area contributed by atoms with Crippen LogP contribution in [-0.2, 0) is 32.8 Å². The van der Waals surface area contributed by atoms with E-state index < -0.39 is 12.2 Å². The van der Waals surface area contributed by atoms with E-state index >= 15 is 0 Å². The van der Waals surface area contributed by atoms with Gasteiger partial charge in [-0.05, 0) is 67.1 Å². The second kappa shape index (κ2) is 11.9. The molecule has 0 radical (unpaired) electrons. The number of ether oxygens (including phenoxy) is 2. The van der Waals surface area contributed by atoms with Gasteiger partial charge < -0.3 is 19.6 Å². The van der Waals surface area contributed by atoms with E-state index in [0.717, 1.165) is 0 Å². The smallest absolute Gasteiger partial charge is 0.282 e. The molecule has 0 aliphatic rings. The van der Waals surface area contributed by atoms with Gasteiger partial charge in [0.2, 0.25) is 12.1 Å². The number of oxime groups is 1. The highest BCUT2D eigenvalue weighted by Gasteiger charge is 2.20. The monoisotopic (exact) mass is 471 g/mol. The van der Waals surface area contributed by atoms with Crippen LogP contribution < -0.4 is 5.32 Å². The molecule has 0 unspecified atom stereocenters. The average Bonchev–Trinajstić information content (AvgIpc) is 3.24. The molecule has 3 aromatic rings. The zero-order valence-corrected chi connectivity index (χ0v) is 19.4. The van der Waals surface area contributed by atoms with E-state index in [1.54, 1.807) is 58.2 Å². The number of nitrogens with zero attached hydrogens (tertiary/aromatic N) is 6. The number of carbonyl (C=O) groups excluding carboxylic acids is 1. The van der Waals surface area contributed by atoms with Crippen molar-refractivity contribution in [2.75, 3.05) is 18.5 Å². The average molecular weight is 471 g/mol. The number of hydrogen-bond acceptors (Lipinski definition) is 9. The van der Waals surface area contributed by atoms with Crippen molar-refractivity contribution < 1.29 is 23.5 Å². The molecule has 3 rings (SSSR count). The van der Waals surface area contributed by atoms with Gasteiger partial charge in [0.1, 0.15) is 11.6 Å². The summed E-state index contributed by atoms with van der Waals surface area (Å²) in [6.07, 6.45) is -1.02. The van der Waals surface area contributed by atoms with E-state index in [2.05, 4.69) is 31.0 Å². The Hall–Kier alpha value is -3.77. The van der Waals surface area contributed by atoms with Crippen LogP contribution in [0.5, 0.6) is 0 Å². The summed E-state index contributed by atoms with van der Waals surface area (Å²) in [6, 6.07) is 9.62. The summed E-state index contributed by atoms with van der Waals surface area (Å²) >= 11 is 0. The lowest BCUT2D eigenvalue weighted by Gasteiger charge is -2.16. The van der Waals surface area contributed by atoms with Crippen LogP contribution in [0.15, 0.2) is 41.6 Å². The van der Waals surface area contributed by atoms with Crippen LogP contribution >= 0.6 is 0 Å². The summed E-state index contributed by atoms with van der Waals surface area (Å²) in [5.41, 5.74) is 1.87. The van der Waals surface area contributed by atoms with E-state index in [0.29, 0.717) is 47.4 Å². The second-order valence-electron chi connectivity index (χ2n) is 7.05. The predicted octanol–water partition coefficient (Wildman–Crippen LogP) is 2.36. The molecule has 34 heavy (non-hydrogen) atoms. The number of pyridine rings is 1. The van der Waals surface area contributed by atoms with Gasteiger partial charge >= 0.3 is 0 Å². The first kappa shape index (κ1) is 24.9. The molecule has 0 saturated heterocycles. The van der Waals surface area contributed by atoms with Crippen molar-refractivity contribution in [1.29, 1.82) is 0 Å². The second-order valence-corrected chi connectivity index (χ2v) is 7.05. The SMILES string of the molecule is CCOC(OCC)C(=O)Nc1cccc(CON=C(c2ccc(F)c(C)c2)c2nnnn2C)n1. The van der Waals surface area contributed by atoms with Gasteiger partial charge in [-0.3, -0.25) is 4.79 Å². The molecular formula is C22H26FN7O4. The third kappa shape index (κ3) is 6.39. The predicted molar refractivity (Wildman–Crippen MR) is 120 cm³/mol. The molecule has 2 aromatic heterocycles. The fourth-order valence-electron chi connectivity index (χ4n) is 2.92. The summed E-state index contributed by atoms with van der Waals surface area (Å²) in [5.74, 6) is -0.139. The number of aromatic nitrogens is 5. The summed E-state index contributed by atoms with van der Waals surface area (Å²) < 4.78 is 25.8. The Morgan fingerprint density at radius 2 is 1.97 bits per heavy atom. The van der Waals surface area contributed by atoms with Crippen LogP contribution in [0.2, 0.25) is 0 Å². The summed E-state index contributed by atoms with van der Waals surface area (Å²) in [6.45, 7) is 5.85. The first-order valence-electron chi connectivity index (χ1n) is 10.6. The van der Waals surface area contributed by atoms with Crippen LogP contribution in [0.4, 0.5) is 10.2 Å². The Balaban J connectivity index is 1.75. The van der Waals surface area contributed by atoms with Crippen molar-refractivity contribution in [3.05, 3.63) is 64.9 Å². The fraction of sp³-hybridized carbons (Fsp3) is 0.364. The maximum Gasteiger partial charge on any atom is 0.282 e.